The Balaban J connectivity index is 2.12. The standard InChI is InChI=1S/C19H26N2O/c1-4-22-19-12-10-18(11-13-19)21(15-14-20(2)3)16-17-8-6-5-7-9-17/h5-13H,4,14-16H2,1-3H3. The Labute approximate surface area is 134 Å². The van der Waals surface area contributed by atoms with Crippen molar-refractivity contribution in [2.45, 2.75) is 13.5 Å². The van der Waals surface area contributed by atoms with Gasteiger partial charge in [0.05, 0.1) is 6.61 Å². The first-order valence-electron chi connectivity index (χ1n) is 7.85. The molecule has 0 aliphatic rings. The molecule has 3 heteroatoms. The lowest BCUT2D eigenvalue weighted by Crippen LogP contribution is -2.31. The second-order valence-corrected chi connectivity index (χ2v) is 5.64. The summed E-state index contributed by atoms with van der Waals surface area (Å²) in [5, 5.41) is 0. The van der Waals surface area contributed by atoms with Gasteiger partial charge in [0.25, 0.3) is 0 Å². The number of nitrogens with zero attached hydrogens (tertiary/aromatic N) is 2. The lowest BCUT2D eigenvalue weighted by molar-refractivity contribution is 0.340. The molecular formula is C19H26N2O. The molecule has 0 saturated carbocycles. The van der Waals surface area contributed by atoms with Gasteiger partial charge in [-0.25, -0.2) is 0 Å². The fourth-order valence-electron chi connectivity index (χ4n) is 2.34. The quantitative estimate of drug-likeness (QED) is 0.740. The molecule has 0 amide bonds. The summed E-state index contributed by atoms with van der Waals surface area (Å²) in [7, 11) is 4.22. The van der Waals surface area contributed by atoms with Crippen LogP contribution in [0.4, 0.5) is 5.69 Å². The van der Waals surface area contributed by atoms with Crippen LogP contribution >= 0.6 is 0 Å². The molecule has 0 N–H and O–H groups in total. The van der Waals surface area contributed by atoms with Crippen LogP contribution in [0.2, 0.25) is 0 Å². The van der Waals surface area contributed by atoms with E-state index in [0.29, 0.717) is 6.61 Å². The Bertz CT molecular complexity index is 537. The van der Waals surface area contributed by atoms with E-state index in [1.54, 1.807) is 0 Å². The van der Waals surface area contributed by atoms with E-state index in [1.807, 2.05) is 19.1 Å². The second-order valence-electron chi connectivity index (χ2n) is 5.64. The van der Waals surface area contributed by atoms with Gasteiger partial charge in [-0.3, -0.25) is 0 Å². The number of likely N-dealkylation sites (N-methyl/N-ethyl adjacent to an activating group) is 1. The van der Waals surface area contributed by atoms with Crippen LogP contribution in [0.1, 0.15) is 12.5 Å². The Kier molecular flexibility index (Phi) is 6.28. The molecule has 0 aliphatic heterocycles. The van der Waals surface area contributed by atoms with Crippen LogP contribution in [0.3, 0.4) is 0 Å². The number of ether oxygens (including phenoxy) is 1. The summed E-state index contributed by atoms with van der Waals surface area (Å²) in [5.74, 6) is 0.929. The average Bonchev–Trinajstić information content (AvgIpc) is 2.53. The van der Waals surface area contributed by atoms with E-state index < -0.39 is 0 Å². The van der Waals surface area contributed by atoms with Crippen LogP contribution in [0, 0.1) is 0 Å². The SMILES string of the molecule is CCOc1ccc(N(CCN(C)C)Cc2ccccc2)cc1. The maximum atomic E-state index is 5.53. The molecule has 2 rings (SSSR count). The van der Waals surface area contributed by atoms with Gasteiger partial charge in [-0.1, -0.05) is 30.3 Å². The number of hydrogen-bond acceptors (Lipinski definition) is 3. The highest BCUT2D eigenvalue weighted by atomic mass is 16.5. The summed E-state index contributed by atoms with van der Waals surface area (Å²) in [6.07, 6.45) is 0. The first-order chi connectivity index (χ1) is 10.7. The minimum atomic E-state index is 0.702. The molecule has 2 aromatic rings. The van der Waals surface area contributed by atoms with Crippen molar-refractivity contribution in [1.82, 2.24) is 4.90 Å². The predicted octanol–water partition coefficient (Wildman–Crippen LogP) is 3.65. The number of benzene rings is 2. The van der Waals surface area contributed by atoms with Gasteiger partial charge in [0.2, 0.25) is 0 Å². The molecular weight excluding hydrogens is 272 g/mol. The van der Waals surface area contributed by atoms with Gasteiger partial charge in [0.15, 0.2) is 0 Å². The summed E-state index contributed by atoms with van der Waals surface area (Å²) in [6, 6.07) is 19.0. The lowest BCUT2D eigenvalue weighted by atomic mass is 10.2. The predicted molar refractivity (Wildman–Crippen MR) is 93.7 cm³/mol. The summed E-state index contributed by atoms with van der Waals surface area (Å²) < 4.78 is 5.53. The largest absolute Gasteiger partial charge is 0.494 e. The number of anilines is 1. The van der Waals surface area contributed by atoms with Crippen LogP contribution in [-0.2, 0) is 6.54 Å². The average molecular weight is 298 g/mol. The summed E-state index contributed by atoms with van der Waals surface area (Å²) in [5.41, 5.74) is 2.56. The third kappa shape index (κ3) is 5.08. The molecule has 0 aliphatic carbocycles. The summed E-state index contributed by atoms with van der Waals surface area (Å²) in [6.45, 7) is 5.65. The minimum Gasteiger partial charge on any atom is -0.494 e. The molecule has 0 radical (unpaired) electrons. The molecule has 0 bridgehead atoms. The van der Waals surface area contributed by atoms with Crippen molar-refractivity contribution in [3.8, 4) is 5.75 Å². The van der Waals surface area contributed by atoms with Crippen LogP contribution in [-0.4, -0.2) is 38.7 Å². The highest BCUT2D eigenvalue weighted by molar-refractivity contribution is 5.49. The zero-order valence-corrected chi connectivity index (χ0v) is 13.8. The zero-order chi connectivity index (χ0) is 15.8. The maximum Gasteiger partial charge on any atom is 0.119 e. The fraction of sp³-hybridized carbons (Fsp3) is 0.368. The molecule has 22 heavy (non-hydrogen) atoms. The van der Waals surface area contributed by atoms with Crippen LogP contribution in [0.15, 0.2) is 54.6 Å². The number of rotatable bonds is 8. The molecule has 0 aromatic heterocycles. The molecule has 118 valence electrons. The lowest BCUT2D eigenvalue weighted by Gasteiger charge is -2.27. The molecule has 0 fully saturated rings. The van der Waals surface area contributed by atoms with Crippen molar-refractivity contribution in [2.24, 2.45) is 0 Å². The summed E-state index contributed by atoms with van der Waals surface area (Å²) >= 11 is 0. The summed E-state index contributed by atoms with van der Waals surface area (Å²) in [4.78, 5) is 4.62. The van der Waals surface area contributed by atoms with Crippen molar-refractivity contribution in [3.05, 3.63) is 60.2 Å². The van der Waals surface area contributed by atoms with Gasteiger partial charge in [0.1, 0.15) is 5.75 Å². The maximum absolute atomic E-state index is 5.53. The Morgan fingerprint density at radius 2 is 1.55 bits per heavy atom. The molecule has 0 spiro atoms. The smallest absolute Gasteiger partial charge is 0.119 e. The van der Waals surface area contributed by atoms with Crippen molar-refractivity contribution in [3.63, 3.8) is 0 Å². The Hall–Kier alpha value is -2.00. The fourth-order valence-corrected chi connectivity index (χ4v) is 2.34. The zero-order valence-electron chi connectivity index (χ0n) is 13.8. The first kappa shape index (κ1) is 16.4. The van der Waals surface area contributed by atoms with Crippen LogP contribution in [0.5, 0.6) is 5.75 Å². The number of hydrogen-bond donors (Lipinski definition) is 0. The third-order valence-electron chi connectivity index (χ3n) is 3.55. The third-order valence-corrected chi connectivity index (χ3v) is 3.55. The molecule has 0 atom stereocenters. The van der Waals surface area contributed by atoms with Gasteiger partial charge >= 0.3 is 0 Å². The van der Waals surface area contributed by atoms with Crippen LogP contribution < -0.4 is 9.64 Å². The normalized spacial score (nSPS) is 10.7. The van der Waals surface area contributed by atoms with Gasteiger partial charge in [-0.15, -0.1) is 0 Å². The van der Waals surface area contributed by atoms with E-state index in [2.05, 4.69) is 66.4 Å². The topological polar surface area (TPSA) is 15.7 Å². The van der Waals surface area contributed by atoms with Crippen LogP contribution in [0.25, 0.3) is 0 Å². The van der Waals surface area contributed by atoms with Gasteiger partial charge in [-0.2, -0.15) is 0 Å². The molecule has 0 unspecified atom stereocenters. The van der Waals surface area contributed by atoms with Crippen molar-refractivity contribution in [2.75, 3.05) is 38.7 Å². The highest BCUT2D eigenvalue weighted by Gasteiger charge is 2.08. The van der Waals surface area contributed by atoms with Crippen molar-refractivity contribution >= 4 is 5.69 Å². The van der Waals surface area contributed by atoms with E-state index in [-0.39, 0.29) is 0 Å². The second kappa shape index (κ2) is 8.44. The van der Waals surface area contributed by atoms with E-state index in [9.17, 15) is 0 Å². The monoisotopic (exact) mass is 298 g/mol. The Morgan fingerprint density at radius 1 is 0.864 bits per heavy atom. The van der Waals surface area contributed by atoms with E-state index in [1.165, 1.54) is 11.3 Å². The van der Waals surface area contributed by atoms with Gasteiger partial charge < -0.3 is 14.5 Å². The van der Waals surface area contributed by atoms with Crippen molar-refractivity contribution < 1.29 is 4.74 Å². The molecule has 0 saturated heterocycles. The van der Waals surface area contributed by atoms with E-state index in [0.717, 1.165) is 25.4 Å². The minimum absolute atomic E-state index is 0.702. The van der Waals surface area contributed by atoms with E-state index in [4.69, 9.17) is 4.74 Å². The van der Waals surface area contributed by atoms with E-state index >= 15 is 0 Å². The first-order valence-corrected chi connectivity index (χ1v) is 7.85. The molecule has 2 aromatic carbocycles. The van der Waals surface area contributed by atoms with Crippen molar-refractivity contribution in [1.29, 1.82) is 0 Å². The van der Waals surface area contributed by atoms with Gasteiger partial charge in [-0.05, 0) is 50.8 Å². The van der Waals surface area contributed by atoms with Gasteiger partial charge in [0, 0.05) is 25.3 Å². The molecule has 3 nitrogen and oxygen atoms in total. The molecule has 0 heterocycles. The highest BCUT2D eigenvalue weighted by Crippen LogP contribution is 2.21. The Morgan fingerprint density at radius 3 is 2.14 bits per heavy atom.